The second-order valence-corrected chi connectivity index (χ2v) is 9.34. The van der Waals surface area contributed by atoms with E-state index >= 15 is 0 Å². The summed E-state index contributed by atoms with van der Waals surface area (Å²) in [6.07, 6.45) is 10.5. The number of aryl methyl sites for hydroxylation is 2. The number of allylic oxidation sites excluding steroid dienone is 5. The summed E-state index contributed by atoms with van der Waals surface area (Å²) in [5.74, 6) is -0.150. The molecule has 0 saturated heterocycles. The molecule has 1 heterocycles. The Morgan fingerprint density at radius 1 is 1.05 bits per heavy atom. The van der Waals surface area contributed by atoms with Crippen molar-refractivity contribution in [1.29, 1.82) is 0 Å². The number of nitrogens with one attached hydrogen (secondary N) is 2. The molecule has 1 amide bonds. The number of anilines is 2. The fourth-order valence-corrected chi connectivity index (χ4v) is 4.65. The molecule has 190 valence electrons. The topological polar surface area (TPSA) is 87.1 Å². The number of rotatable bonds is 8. The molecule has 5 rings (SSSR count). The minimum atomic E-state index is -0.572. The fraction of sp³-hybridized carbons (Fsp3) is 0.100. The van der Waals surface area contributed by atoms with E-state index in [1.165, 1.54) is 18.5 Å². The maximum absolute atomic E-state index is 13.5. The minimum Gasteiger partial charge on any atom is -0.340 e. The lowest BCUT2D eigenvalue weighted by Gasteiger charge is -2.12. The van der Waals surface area contributed by atoms with Gasteiger partial charge in [-0.2, -0.15) is 0 Å². The third-order valence-corrected chi connectivity index (χ3v) is 6.70. The van der Waals surface area contributed by atoms with Crippen molar-refractivity contribution in [1.82, 2.24) is 15.4 Å². The van der Waals surface area contributed by atoms with Gasteiger partial charge in [0.2, 0.25) is 0 Å². The van der Waals surface area contributed by atoms with Gasteiger partial charge < -0.3 is 5.32 Å². The molecule has 0 fully saturated rings. The van der Waals surface area contributed by atoms with Crippen LogP contribution in [0.3, 0.4) is 0 Å². The Kier molecular flexibility index (Phi) is 7.58. The number of aromatic nitrogens is 2. The van der Waals surface area contributed by atoms with E-state index in [0.29, 0.717) is 30.1 Å². The van der Waals surface area contributed by atoms with Crippen molar-refractivity contribution in [2.45, 2.75) is 19.3 Å². The highest BCUT2D eigenvalue weighted by Gasteiger charge is 2.13. The number of hydrogen-bond acceptors (Lipinski definition) is 5. The van der Waals surface area contributed by atoms with Crippen LogP contribution in [-0.4, -0.2) is 21.1 Å². The number of amides is 1. The average molecular weight is 527 g/mol. The van der Waals surface area contributed by atoms with E-state index in [4.69, 9.17) is 16.8 Å². The van der Waals surface area contributed by atoms with E-state index < -0.39 is 5.91 Å². The summed E-state index contributed by atoms with van der Waals surface area (Å²) in [5, 5.41) is 13.5. The van der Waals surface area contributed by atoms with Gasteiger partial charge in [0, 0.05) is 22.2 Å². The van der Waals surface area contributed by atoms with Crippen LogP contribution in [0.2, 0.25) is 5.02 Å². The third kappa shape index (κ3) is 5.96. The molecule has 1 aromatic heterocycles. The van der Waals surface area contributed by atoms with Crippen LogP contribution in [0, 0.1) is 5.82 Å². The number of benzene rings is 3. The number of nitrogens with zero attached hydrogens (tertiary/aromatic N) is 2. The standard InChI is InChI=1S/C30H24ClFN4O2/c31-27-17-25(11-9-21(27)7-4-19-2-1-3-24(32)15-19)35-30-26-16-23(10-12-28(26)33-18-34-30)22-8-5-20(14-22)6-13-29(37)36-38/h1-3,5-6,8-13,15-18,38H,4,7,14H2,(H,36,37)(H,33,34,35)/b13-6+. The van der Waals surface area contributed by atoms with Crippen LogP contribution in [0.4, 0.5) is 15.9 Å². The van der Waals surface area contributed by atoms with Crippen LogP contribution in [0.15, 0.2) is 96.9 Å². The van der Waals surface area contributed by atoms with Gasteiger partial charge in [0.05, 0.1) is 5.52 Å². The Morgan fingerprint density at radius 3 is 2.76 bits per heavy atom. The number of hydroxylamine groups is 1. The predicted molar refractivity (Wildman–Crippen MR) is 148 cm³/mol. The van der Waals surface area contributed by atoms with Crippen LogP contribution >= 0.6 is 11.6 Å². The fourth-order valence-electron chi connectivity index (χ4n) is 4.37. The van der Waals surface area contributed by atoms with Gasteiger partial charge in [-0.1, -0.05) is 54.1 Å². The number of halogens is 2. The number of hydrogen-bond donors (Lipinski definition) is 3. The maximum atomic E-state index is 13.5. The zero-order valence-electron chi connectivity index (χ0n) is 20.3. The highest BCUT2D eigenvalue weighted by atomic mass is 35.5. The maximum Gasteiger partial charge on any atom is 0.267 e. The van der Waals surface area contributed by atoms with Crippen molar-refractivity contribution < 1.29 is 14.4 Å². The van der Waals surface area contributed by atoms with Crippen LogP contribution in [0.5, 0.6) is 0 Å². The molecule has 0 spiro atoms. The third-order valence-electron chi connectivity index (χ3n) is 6.35. The largest absolute Gasteiger partial charge is 0.340 e. The van der Waals surface area contributed by atoms with E-state index in [0.717, 1.165) is 44.4 Å². The molecule has 0 aliphatic heterocycles. The van der Waals surface area contributed by atoms with Crippen LogP contribution < -0.4 is 10.8 Å². The Labute approximate surface area is 224 Å². The molecule has 0 radical (unpaired) electrons. The molecule has 0 saturated carbocycles. The molecule has 3 N–H and O–H groups in total. The summed E-state index contributed by atoms with van der Waals surface area (Å²) in [4.78, 5) is 20.1. The minimum absolute atomic E-state index is 0.238. The summed E-state index contributed by atoms with van der Waals surface area (Å²) in [7, 11) is 0. The predicted octanol–water partition coefficient (Wildman–Crippen LogP) is 6.73. The van der Waals surface area contributed by atoms with Gasteiger partial charge in [-0.05, 0) is 83.5 Å². The van der Waals surface area contributed by atoms with Gasteiger partial charge in [-0.25, -0.2) is 19.8 Å². The van der Waals surface area contributed by atoms with E-state index in [-0.39, 0.29) is 5.82 Å². The smallest absolute Gasteiger partial charge is 0.267 e. The molecule has 0 atom stereocenters. The zero-order chi connectivity index (χ0) is 26.5. The van der Waals surface area contributed by atoms with Crippen LogP contribution in [0.1, 0.15) is 23.1 Å². The molecular weight excluding hydrogens is 503 g/mol. The van der Waals surface area contributed by atoms with Crippen molar-refractivity contribution in [3.63, 3.8) is 0 Å². The Balaban J connectivity index is 1.31. The Morgan fingerprint density at radius 2 is 1.95 bits per heavy atom. The van der Waals surface area contributed by atoms with Gasteiger partial charge in [-0.3, -0.25) is 10.0 Å². The van der Waals surface area contributed by atoms with Gasteiger partial charge in [0.15, 0.2) is 0 Å². The van der Waals surface area contributed by atoms with Crippen molar-refractivity contribution in [3.8, 4) is 0 Å². The molecule has 0 unspecified atom stereocenters. The molecule has 6 nitrogen and oxygen atoms in total. The van der Waals surface area contributed by atoms with Crippen LogP contribution in [-0.2, 0) is 17.6 Å². The summed E-state index contributed by atoms with van der Waals surface area (Å²) in [5.41, 5.74) is 8.17. The number of carbonyl (C=O) groups is 1. The first kappa shape index (κ1) is 25.3. The highest BCUT2D eigenvalue weighted by Crippen LogP contribution is 2.33. The first-order valence-electron chi connectivity index (χ1n) is 12.1. The highest BCUT2D eigenvalue weighted by molar-refractivity contribution is 6.31. The van der Waals surface area contributed by atoms with Crippen molar-refractivity contribution in [2.24, 2.45) is 0 Å². The molecule has 1 aliphatic rings. The number of carbonyl (C=O) groups excluding carboxylic acids is 1. The Hall–Kier alpha value is -4.33. The van der Waals surface area contributed by atoms with E-state index in [9.17, 15) is 9.18 Å². The molecular formula is C30H24ClFN4O2. The first-order valence-corrected chi connectivity index (χ1v) is 12.4. The molecule has 4 aromatic rings. The summed E-state index contributed by atoms with van der Waals surface area (Å²) < 4.78 is 13.5. The van der Waals surface area contributed by atoms with E-state index in [1.807, 2.05) is 54.6 Å². The monoisotopic (exact) mass is 526 g/mol. The average Bonchev–Trinajstić information content (AvgIpc) is 3.40. The van der Waals surface area contributed by atoms with Crippen molar-refractivity contribution in [2.75, 3.05) is 5.32 Å². The lowest BCUT2D eigenvalue weighted by Crippen LogP contribution is -2.14. The molecule has 3 aromatic carbocycles. The second kappa shape index (κ2) is 11.4. The molecule has 8 heteroatoms. The SMILES string of the molecule is O=C(/C=C/C1=CC=C(c2ccc3ncnc(Nc4ccc(CCc5cccc(F)c5)c(Cl)c4)c3c2)C1)NO. The Bertz CT molecular complexity index is 1610. The lowest BCUT2D eigenvalue weighted by molar-refractivity contribution is -0.124. The van der Waals surface area contributed by atoms with E-state index in [1.54, 1.807) is 23.7 Å². The number of fused-ring (bicyclic) bond motifs is 1. The lowest BCUT2D eigenvalue weighted by atomic mass is 10.0. The van der Waals surface area contributed by atoms with Gasteiger partial charge >= 0.3 is 0 Å². The van der Waals surface area contributed by atoms with Crippen molar-refractivity contribution >= 4 is 45.5 Å². The van der Waals surface area contributed by atoms with E-state index in [2.05, 4.69) is 15.3 Å². The summed E-state index contributed by atoms with van der Waals surface area (Å²) in [6.45, 7) is 0. The van der Waals surface area contributed by atoms with Crippen molar-refractivity contribution in [3.05, 3.63) is 124 Å². The zero-order valence-corrected chi connectivity index (χ0v) is 21.0. The van der Waals surface area contributed by atoms with Gasteiger partial charge in [0.25, 0.3) is 5.91 Å². The van der Waals surface area contributed by atoms with Crippen LogP contribution in [0.25, 0.3) is 16.5 Å². The molecule has 1 aliphatic carbocycles. The first-order chi connectivity index (χ1) is 18.5. The molecule has 0 bridgehead atoms. The van der Waals surface area contributed by atoms with Gasteiger partial charge in [-0.15, -0.1) is 0 Å². The molecule has 38 heavy (non-hydrogen) atoms. The van der Waals surface area contributed by atoms with Gasteiger partial charge in [0.1, 0.15) is 18.0 Å². The quantitative estimate of drug-likeness (QED) is 0.135. The summed E-state index contributed by atoms with van der Waals surface area (Å²) >= 11 is 6.59. The summed E-state index contributed by atoms with van der Waals surface area (Å²) in [6, 6.07) is 18.4. The normalized spacial score (nSPS) is 13.0. The second-order valence-electron chi connectivity index (χ2n) is 8.93.